The van der Waals surface area contributed by atoms with E-state index < -0.39 is 0 Å². The Labute approximate surface area is 109 Å². The Bertz CT molecular complexity index is 521. The Kier molecular flexibility index (Phi) is 3.42. The van der Waals surface area contributed by atoms with Gasteiger partial charge in [-0.2, -0.15) is 5.10 Å². The minimum Gasteiger partial charge on any atom is -0.470 e. The van der Waals surface area contributed by atoms with Gasteiger partial charge in [0.15, 0.2) is 5.16 Å². The number of nitrogens with two attached hydrogens (primary N) is 1. The van der Waals surface area contributed by atoms with Crippen LogP contribution in [0.15, 0.2) is 28.6 Å². The van der Waals surface area contributed by atoms with Crippen LogP contribution in [0.1, 0.15) is 20.8 Å². The summed E-state index contributed by atoms with van der Waals surface area (Å²) < 4.78 is 5.70. The standard InChI is InChI=1S/C11H15N5OS/c1-11(2,3)17-9-7(12)4-5-8(15-9)18-10-13-6-14-16-10/h4-6H,12H2,1-3H3,(H,13,14,16). The molecule has 0 aliphatic heterocycles. The number of hydrogen-bond acceptors (Lipinski definition) is 6. The molecule has 0 radical (unpaired) electrons. The lowest BCUT2D eigenvalue weighted by Gasteiger charge is -2.21. The normalized spacial score (nSPS) is 11.5. The van der Waals surface area contributed by atoms with Crippen LogP contribution in [0.25, 0.3) is 0 Å². The van der Waals surface area contributed by atoms with Gasteiger partial charge < -0.3 is 10.5 Å². The fourth-order valence-corrected chi connectivity index (χ4v) is 1.87. The van der Waals surface area contributed by atoms with Crippen molar-refractivity contribution < 1.29 is 4.74 Å². The van der Waals surface area contributed by atoms with Crippen molar-refractivity contribution in [1.82, 2.24) is 20.2 Å². The number of aromatic nitrogens is 4. The maximum Gasteiger partial charge on any atom is 0.238 e. The predicted molar refractivity (Wildman–Crippen MR) is 69.5 cm³/mol. The Balaban J connectivity index is 2.21. The predicted octanol–water partition coefficient (Wildman–Crippen LogP) is 2.11. The molecule has 3 N–H and O–H groups in total. The van der Waals surface area contributed by atoms with E-state index in [1.807, 2.05) is 26.8 Å². The summed E-state index contributed by atoms with van der Waals surface area (Å²) in [5.41, 5.74) is 6.02. The van der Waals surface area contributed by atoms with E-state index in [0.717, 1.165) is 5.03 Å². The van der Waals surface area contributed by atoms with Crippen molar-refractivity contribution in [3.05, 3.63) is 18.5 Å². The van der Waals surface area contributed by atoms with Gasteiger partial charge in [0.25, 0.3) is 0 Å². The zero-order chi connectivity index (χ0) is 13.2. The van der Waals surface area contributed by atoms with Gasteiger partial charge >= 0.3 is 0 Å². The van der Waals surface area contributed by atoms with Gasteiger partial charge in [0, 0.05) is 0 Å². The van der Waals surface area contributed by atoms with Crippen LogP contribution in [0.4, 0.5) is 5.69 Å². The van der Waals surface area contributed by atoms with E-state index >= 15 is 0 Å². The monoisotopic (exact) mass is 265 g/mol. The second-order valence-electron chi connectivity index (χ2n) is 4.65. The number of nitrogens with one attached hydrogen (secondary N) is 1. The van der Waals surface area contributed by atoms with Crippen LogP contribution in [-0.2, 0) is 0 Å². The van der Waals surface area contributed by atoms with Gasteiger partial charge in [0.2, 0.25) is 5.88 Å². The van der Waals surface area contributed by atoms with Gasteiger partial charge in [-0.25, -0.2) is 9.97 Å². The fraction of sp³-hybridized carbons (Fsp3) is 0.364. The molecule has 0 atom stereocenters. The van der Waals surface area contributed by atoms with Crippen LogP contribution in [0.2, 0.25) is 0 Å². The molecule has 18 heavy (non-hydrogen) atoms. The summed E-state index contributed by atoms with van der Waals surface area (Å²) in [5.74, 6) is 0.437. The van der Waals surface area contributed by atoms with Crippen LogP contribution >= 0.6 is 11.8 Å². The van der Waals surface area contributed by atoms with Crippen molar-refractivity contribution in [1.29, 1.82) is 0 Å². The third kappa shape index (κ3) is 3.36. The molecular weight excluding hydrogens is 250 g/mol. The molecule has 2 aromatic heterocycles. The molecule has 7 heteroatoms. The highest BCUT2D eigenvalue weighted by Crippen LogP contribution is 2.29. The zero-order valence-electron chi connectivity index (χ0n) is 10.5. The van der Waals surface area contributed by atoms with Crippen molar-refractivity contribution in [3.63, 3.8) is 0 Å². The topological polar surface area (TPSA) is 89.7 Å². The number of nitrogen functional groups attached to an aromatic ring is 1. The van der Waals surface area contributed by atoms with Crippen LogP contribution in [0.3, 0.4) is 0 Å². The van der Waals surface area contributed by atoms with E-state index in [1.54, 1.807) is 6.07 Å². The molecule has 0 saturated carbocycles. The Morgan fingerprint density at radius 2 is 2.11 bits per heavy atom. The van der Waals surface area contributed by atoms with Crippen molar-refractivity contribution >= 4 is 17.4 Å². The number of H-pyrrole nitrogens is 1. The molecule has 6 nitrogen and oxygen atoms in total. The van der Waals surface area contributed by atoms with Crippen LogP contribution in [0, 0.1) is 0 Å². The largest absolute Gasteiger partial charge is 0.470 e. The highest BCUT2D eigenvalue weighted by Gasteiger charge is 2.16. The van der Waals surface area contributed by atoms with Gasteiger partial charge in [0.1, 0.15) is 17.0 Å². The van der Waals surface area contributed by atoms with Crippen molar-refractivity contribution in [2.75, 3.05) is 5.73 Å². The summed E-state index contributed by atoms with van der Waals surface area (Å²) in [4.78, 5) is 8.38. The van der Waals surface area contributed by atoms with Gasteiger partial charge in [-0.1, -0.05) is 0 Å². The first-order valence-corrected chi connectivity index (χ1v) is 6.24. The zero-order valence-corrected chi connectivity index (χ0v) is 11.3. The first-order chi connectivity index (χ1) is 8.44. The SMILES string of the molecule is CC(C)(C)Oc1nc(Sc2ncn[nH]2)ccc1N. The molecule has 0 bridgehead atoms. The first kappa shape index (κ1) is 12.7. The molecule has 0 fully saturated rings. The molecule has 0 aromatic carbocycles. The quantitative estimate of drug-likeness (QED) is 0.883. The second-order valence-corrected chi connectivity index (χ2v) is 5.66. The molecule has 2 heterocycles. The minimum atomic E-state index is -0.337. The first-order valence-electron chi connectivity index (χ1n) is 5.43. The minimum absolute atomic E-state index is 0.337. The van der Waals surface area contributed by atoms with Gasteiger partial charge in [-0.15, -0.1) is 0 Å². The Morgan fingerprint density at radius 3 is 2.72 bits per heavy atom. The van der Waals surface area contributed by atoms with Crippen molar-refractivity contribution in [2.24, 2.45) is 0 Å². The van der Waals surface area contributed by atoms with E-state index in [1.165, 1.54) is 18.1 Å². The summed E-state index contributed by atoms with van der Waals surface area (Å²) in [6.07, 6.45) is 1.45. The summed E-state index contributed by atoms with van der Waals surface area (Å²) in [5, 5.41) is 7.96. The van der Waals surface area contributed by atoms with E-state index in [-0.39, 0.29) is 5.60 Å². The molecule has 0 spiro atoms. The molecule has 0 unspecified atom stereocenters. The number of anilines is 1. The molecule has 2 rings (SSSR count). The average molecular weight is 265 g/mol. The fourth-order valence-electron chi connectivity index (χ4n) is 1.21. The number of nitrogens with zero attached hydrogens (tertiary/aromatic N) is 3. The number of rotatable bonds is 3. The van der Waals surface area contributed by atoms with Crippen molar-refractivity contribution in [3.8, 4) is 5.88 Å². The molecule has 0 saturated heterocycles. The number of pyridine rings is 1. The van der Waals surface area contributed by atoms with Gasteiger partial charge in [-0.05, 0) is 44.7 Å². The summed E-state index contributed by atoms with van der Waals surface area (Å²) in [6, 6.07) is 3.59. The maximum absolute atomic E-state index is 5.84. The summed E-state index contributed by atoms with van der Waals surface area (Å²) in [7, 11) is 0. The smallest absolute Gasteiger partial charge is 0.238 e. The Morgan fingerprint density at radius 1 is 1.33 bits per heavy atom. The average Bonchev–Trinajstić information content (AvgIpc) is 2.74. The van der Waals surface area contributed by atoms with E-state index in [9.17, 15) is 0 Å². The molecule has 96 valence electrons. The second kappa shape index (κ2) is 4.85. The van der Waals surface area contributed by atoms with E-state index in [2.05, 4.69) is 20.2 Å². The molecular formula is C11H15N5OS. The number of ether oxygens (including phenoxy) is 1. The lowest BCUT2D eigenvalue weighted by molar-refractivity contribution is 0.124. The van der Waals surface area contributed by atoms with Crippen molar-refractivity contribution in [2.45, 2.75) is 36.6 Å². The van der Waals surface area contributed by atoms with E-state index in [0.29, 0.717) is 16.7 Å². The van der Waals surface area contributed by atoms with Gasteiger partial charge in [0.05, 0.1) is 5.69 Å². The van der Waals surface area contributed by atoms with Crippen LogP contribution < -0.4 is 10.5 Å². The van der Waals surface area contributed by atoms with E-state index in [4.69, 9.17) is 10.5 Å². The van der Waals surface area contributed by atoms with Gasteiger partial charge in [-0.3, -0.25) is 5.10 Å². The Hall–Kier alpha value is -1.76. The summed E-state index contributed by atoms with van der Waals surface area (Å²) >= 11 is 1.37. The molecule has 0 aliphatic carbocycles. The molecule has 2 aromatic rings. The lowest BCUT2D eigenvalue weighted by Crippen LogP contribution is -2.24. The number of hydrogen-bond donors (Lipinski definition) is 2. The molecule has 0 amide bonds. The third-order valence-electron chi connectivity index (χ3n) is 1.86. The lowest BCUT2D eigenvalue weighted by atomic mass is 10.2. The van der Waals surface area contributed by atoms with Crippen LogP contribution in [0.5, 0.6) is 5.88 Å². The third-order valence-corrected chi connectivity index (χ3v) is 2.69. The maximum atomic E-state index is 5.84. The highest BCUT2D eigenvalue weighted by molar-refractivity contribution is 7.99. The van der Waals surface area contributed by atoms with Crippen LogP contribution in [-0.4, -0.2) is 25.8 Å². The molecule has 0 aliphatic rings. The highest BCUT2D eigenvalue weighted by atomic mass is 32.2. The number of aromatic amines is 1. The summed E-state index contributed by atoms with van der Waals surface area (Å²) in [6.45, 7) is 5.85.